The maximum absolute atomic E-state index is 13.7. The van der Waals surface area contributed by atoms with Gasteiger partial charge in [-0.05, 0) is 60.0 Å². The van der Waals surface area contributed by atoms with E-state index in [0.717, 1.165) is 0 Å². The summed E-state index contributed by atoms with van der Waals surface area (Å²) >= 11 is 0. The Morgan fingerprint density at radius 3 is 2.40 bits per heavy atom. The van der Waals surface area contributed by atoms with E-state index in [2.05, 4.69) is 0 Å². The van der Waals surface area contributed by atoms with E-state index in [1.165, 1.54) is 41.3 Å². The van der Waals surface area contributed by atoms with Crippen LogP contribution in [-0.2, 0) is 9.59 Å². The number of carbonyl (C=O) groups excluding carboxylic acids is 2. The number of rotatable bonds is 6. The van der Waals surface area contributed by atoms with Gasteiger partial charge in [-0.25, -0.2) is 4.39 Å². The van der Waals surface area contributed by atoms with Gasteiger partial charge in [-0.3, -0.25) is 14.5 Å². The highest BCUT2D eigenvalue weighted by molar-refractivity contribution is 6.51. The van der Waals surface area contributed by atoms with Crippen LogP contribution in [0.15, 0.2) is 78.4 Å². The number of hydrogen-bond acceptors (Lipinski definition) is 5. The summed E-state index contributed by atoms with van der Waals surface area (Å²) in [7, 11) is 0. The summed E-state index contributed by atoms with van der Waals surface area (Å²) in [5.74, 6) is -1.72. The van der Waals surface area contributed by atoms with Crippen molar-refractivity contribution in [1.29, 1.82) is 5.26 Å². The summed E-state index contributed by atoms with van der Waals surface area (Å²) in [6.45, 7) is 4.50. The van der Waals surface area contributed by atoms with Crippen molar-refractivity contribution in [3.05, 3.63) is 101 Å². The van der Waals surface area contributed by atoms with Gasteiger partial charge in [-0.1, -0.05) is 38.1 Å². The highest BCUT2D eigenvalue weighted by Gasteiger charge is 2.47. The van der Waals surface area contributed by atoms with Crippen LogP contribution in [0, 0.1) is 23.1 Å². The average molecular weight is 471 g/mol. The average Bonchev–Trinajstić information content (AvgIpc) is 3.13. The predicted molar refractivity (Wildman–Crippen MR) is 129 cm³/mol. The fourth-order valence-corrected chi connectivity index (χ4v) is 3.91. The Bertz CT molecular complexity index is 1340. The molecule has 0 bridgehead atoms. The smallest absolute Gasteiger partial charge is 0.300 e. The first kappa shape index (κ1) is 23.7. The number of anilines is 1. The molecule has 1 aliphatic heterocycles. The minimum absolute atomic E-state index is 0.119. The van der Waals surface area contributed by atoms with E-state index in [-0.39, 0.29) is 11.3 Å². The molecule has 1 unspecified atom stereocenters. The molecule has 0 spiro atoms. The van der Waals surface area contributed by atoms with Crippen LogP contribution < -0.4 is 9.64 Å². The van der Waals surface area contributed by atoms with Gasteiger partial charge in [0.05, 0.1) is 29.9 Å². The molecule has 176 valence electrons. The van der Waals surface area contributed by atoms with E-state index in [9.17, 15) is 19.1 Å². The Labute approximate surface area is 202 Å². The molecule has 1 amide bonds. The number of nitriles is 1. The summed E-state index contributed by atoms with van der Waals surface area (Å²) in [4.78, 5) is 27.6. The van der Waals surface area contributed by atoms with Gasteiger partial charge in [0.1, 0.15) is 17.3 Å². The predicted octanol–water partition coefficient (Wildman–Crippen LogP) is 5.36. The van der Waals surface area contributed by atoms with Gasteiger partial charge in [0.25, 0.3) is 11.7 Å². The second kappa shape index (κ2) is 9.82. The molecule has 4 rings (SSSR count). The zero-order valence-electron chi connectivity index (χ0n) is 19.2. The molecule has 1 fully saturated rings. The van der Waals surface area contributed by atoms with Crippen LogP contribution in [0.5, 0.6) is 5.75 Å². The van der Waals surface area contributed by atoms with E-state index in [4.69, 9.17) is 10.00 Å². The molecule has 1 atom stereocenters. The molecule has 0 radical (unpaired) electrons. The minimum Gasteiger partial charge on any atom is -0.507 e. The second-order valence-electron chi connectivity index (χ2n) is 8.61. The van der Waals surface area contributed by atoms with Gasteiger partial charge in [0, 0.05) is 11.3 Å². The van der Waals surface area contributed by atoms with Crippen molar-refractivity contribution in [2.75, 3.05) is 11.5 Å². The molecule has 3 aromatic rings. The molecule has 35 heavy (non-hydrogen) atoms. The van der Waals surface area contributed by atoms with E-state index >= 15 is 0 Å². The Hall–Kier alpha value is -4.44. The third-order valence-corrected chi connectivity index (χ3v) is 5.60. The Balaban J connectivity index is 1.85. The second-order valence-corrected chi connectivity index (χ2v) is 8.61. The first-order valence-electron chi connectivity index (χ1n) is 11.1. The lowest BCUT2D eigenvalue weighted by atomic mass is 9.95. The third kappa shape index (κ3) is 4.78. The van der Waals surface area contributed by atoms with Gasteiger partial charge < -0.3 is 9.84 Å². The number of ketones is 1. The van der Waals surface area contributed by atoms with Gasteiger partial charge in [0.2, 0.25) is 0 Å². The molecule has 6 nitrogen and oxygen atoms in total. The Morgan fingerprint density at radius 2 is 1.77 bits per heavy atom. The summed E-state index contributed by atoms with van der Waals surface area (Å²) in [6, 6.07) is 19.3. The molecule has 1 saturated heterocycles. The maximum atomic E-state index is 13.7. The Kier molecular flexibility index (Phi) is 6.65. The standard InChI is InChI=1S/C28H23FN2O4/c1-17(2)16-35-23-5-3-4-20(14-23)26(32)24-25(19-8-10-21(29)11-9-19)31(28(34)27(24)33)22-12-6-18(15-30)7-13-22/h3-14,17,25,32H,16H2,1-2H3/b26-24-. The molecule has 0 saturated carbocycles. The SMILES string of the molecule is CC(C)COc1cccc(/C(O)=C2/C(=O)C(=O)N(c3ccc(C#N)cc3)C2c2ccc(F)cc2)c1. The largest absolute Gasteiger partial charge is 0.507 e. The highest BCUT2D eigenvalue weighted by atomic mass is 19.1. The monoisotopic (exact) mass is 470 g/mol. The number of Topliss-reactive ketones (excluding diaryl/α,β-unsaturated/α-hetero) is 1. The first-order valence-corrected chi connectivity index (χ1v) is 11.1. The molecule has 3 aromatic carbocycles. The van der Waals surface area contributed by atoms with Gasteiger partial charge >= 0.3 is 0 Å². The van der Waals surface area contributed by atoms with Crippen LogP contribution in [0.25, 0.3) is 5.76 Å². The number of ether oxygens (including phenoxy) is 1. The summed E-state index contributed by atoms with van der Waals surface area (Å²) in [5.41, 5.74) is 1.40. The van der Waals surface area contributed by atoms with Gasteiger partial charge in [0.15, 0.2) is 0 Å². The number of halogens is 1. The van der Waals surface area contributed by atoms with E-state index in [1.54, 1.807) is 36.4 Å². The number of amides is 1. The molecule has 1 heterocycles. The van der Waals surface area contributed by atoms with Crippen LogP contribution in [0.1, 0.15) is 36.6 Å². The van der Waals surface area contributed by atoms with Crippen LogP contribution in [0.4, 0.5) is 10.1 Å². The van der Waals surface area contributed by atoms with Crippen LogP contribution >= 0.6 is 0 Å². The van der Waals surface area contributed by atoms with Crippen molar-refractivity contribution in [1.82, 2.24) is 0 Å². The molecule has 1 N–H and O–H groups in total. The van der Waals surface area contributed by atoms with Gasteiger partial charge in [-0.2, -0.15) is 5.26 Å². The fourth-order valence-electron chi connectivity index (χ4n) is 3.91. The maximum Gasteiger partial charge on any atom is 0.300 e. The van der Waals surface area contributed by atoms with Crippen molar-refractivity contribution in [2.24, 2.45) is 5.92 Å². The molecule has 7 heteroatoms. The number of nitrogens with zero attached hydrogens (tertiary/aromatic N) is 2. The quantitative estimate of drug-likeness (QED) is 0.298. The topological polar surface area (TPSA) is 90.6 Å². The lowest BCUT2D eigenvalue weighted by Crippen LogP contribution is -2.29. The number of benzene rings is 3. The van der Waals surface area contributed by atoms with E-state index in [1.807, 2.05) is 19.9 Å². The highest BCUT2D eigenvalue weighted by Crippen LogP contribution is 2.42. The number of aliphatic hydroxyl groups is 1. The van der Waals surface area contributed by atoms with E-state index in [0.29, 0.717) is 40.7 Å². The summed E-state index contributed by atoms with van der Waals surface area (Å²) in [6.07, 6.45) is 0. The van der Waals surface area contributed by atoms with E-state index < -0.39 is 23.5 Å². The van der Waals surface area contributed by atoms with Crippen molar-refractivity contribution in [3.8, 4) is 11.8 Å². The van der Waals surface area contributed by atoms with Gasteiger partial charge in [-0.15, -0.1) is 0 Å². The van der Waals surface area contributed by atoms with Crippen LogP contribution in [-0.4, -0.2) is 23.4 Å². The molecular formula is C28H23FN2O4. The van der Waals surface area contributed by atoms with Crippen LogP contribution in [0.2, 0.25) is 0 Å². The van der Waals surface area contributed by atoms with Crippen molar-refractivity contribution >= 4 is 23.1 Å². The lowest BCUT2D eigenvalue weighted by Gasteiger charge is -2.25. The van der Waals surface area contributed by atoms with Crippen molar-refractivity contribution in [2.45, 2.75) is 19.9 Å². The van der Waals surface area contributed by atoms with Crippen LogP contribution in [0.3, 0.4) is 0 Å². The molecular weight excluding hydrogens is 447 g/mol. The van der Waals surface area contributed by atoms with Crippen molar-refractivity contribution < 1.29 is 23.8 Å². The Morgan fingerprint density at radius 1 is 1.09 bits per heavy atom. The fraction of sp³-hybridized carbons (Fsp3) is 0.179. The zero-order valence-corrected chi connectivity index (χ0v) is 19.2. The van der Waals surface area contributed by atoms with Crippen molar-refractivity contribution in [3.63, 3.8) is 0 Å². The summed E-state index contributed by atoms with van der Waals surface area (Å²) in [5, 5.41) is 20.4. The normalized spacial score (nSPS) is 17.0. The molecule has 0 aromatic heterocycles. The zero-order chi connectivity index (χ0) is 25.1. The number of hydrogen-bond donors (Lipinski definition) is 1. The number of aliphatic hydroxyl groups excluding tert-OH is 1. The minimum atomic E-state index is -0.997. The number of carbonyl (C=O) groups is 2. The lowest BCUT2D eigenvalue weighted by molar-refractivity contribution is -0.132. The third-order valence-electron chi connectivity index (χ3n) is 5.60. The summed E-state index contributed by atoms with van der Waals surface area (Å²) < 4.78 is 19.4. The molecule has 0 aliphatic carbocycles. The first-order chi connectivity index (χ1) is 16.8. The molecule has 1 aliphatic rings.